The van der Waals surface area contributed by atoms with E-state index in [2.05, 4.69) is 9.88 Å². The highest BCUT2D eigenvalue weighted by molar-refractivity contribution is 6.09. The molecule has 1 N–H and O–H groups in total. The van der Waals surface area contributed by atoms with Gasteiger partial charge in [-0.2, -0.15) is 0 Å². The molecule has 152 valence electrons. The molecule has 0 atom stereocenters. The zero-order valence-electron chi connectivity index (χ0n) is 15.9. The highest BCUT2D eigenvalue weighted by Gasteiger charge is 2.24. The molecule has 0 aliphatic carbocycles. The summed E-state index contributed by atoms with van der Waals surface area (Å²) in [5.41, 5.74) is 3.00. The van der Waals surface area contributed by atoms with E-state index in [0.717, 1.165) is 43.3 Å². The number of benzene rings is 2. The van der Waals surface area contributed by atoms with Crippen molar-refractivity contribution in [1.29, 1.82) is 0 Å². The number of rotatable bonds is 5. The van der Waals surface area contributed by atoms with Crippen molar-refractivity contribution in [3.63, 3.8) is 0 Å². The van der Waals surface area contributed by atoms with Crippen LogP contribution in [0.4, 0.5) is 4.39 Å². The van der Waals surface area contributed by atoms with Gasteiger partial charge >= 0.3 is 0 Å². The molecule has 29 heavy (non-hydrogen) atoms. The van der Waals surface area contributed by atoms with Crippen molar-refractivity contribution in [3.05, 3.63) is 71.2 Å². The lowest BCUT2D eigenvalue weighted by molar-refractivity contribution is 0.0640. The predicted molar refractivity (Wildman–Crippen MR) is 113 cm³/mol. The number of halogens is 2. The SMILES string of the molecule is Cl.O=Cc1c[nH]c2c(C(=O)N3CCN(CCc4ccc(F)cc4)CC3)cccc12. The van der Waals surface area contributed by atoms with Crippen molar-refractivity contribution in [2.75, 3.05) is 32.7 Å². The fourth-order valence-electron chi connectivity index (χ4n) is 3.73. The maximum absolute atomic E-state index is 13.0. The summed E-state index contributed by atoms with van der Waals surface area (Å²) in [6.07, 6.45) is 3.30. The van der Waals surface area contributed by atoms with Gasteiger partial charge in [0.1, 0.15) is 5.82 Å². The van der Waals surface area contributed by atoms with E-state index >= 15 is 0 Å². The lowest BCUT2D eigenvalue weighted by atomic mass is 10.1. The smallest absolute Gasteiger partial charge is 0.256 e. The Kier molecular flexibility index (Phi) is 6.67. The number of carbonyl (C=O) groups is 2. The van der Waals surface area contributed by atoms with Gasteiger partial charge in [-0.3, -0.25) is 14.5 Å². The van der Waals surface area contributed by atoms with Crippen molar-refractivity contribution in [1.82, 2.24) is 14.8 Å². The Balaban J connectivity index is 0.00000240. The molecule has 1 aliphatic rings. The van der Waals surface area contributed by atoms with Gasteiger partial charge in [0, 0.05) is 49.9 Å². The van der Waals surface area contributed by atoms with Crippen LogP contribution in [0.25, 0.3) is 10.9 Å². The van der Waals surface area contributed by atoms with Gasteiger partial charge in [-0.15, -0.1) is 12.4 Å². The Labute approximate surface area is 174 Å². The molecule has 1 fully saturated rings. The molecule has 0 radical (unpaired) electrons. The molecule has 3 aromatic rings. The number of amides is 1. The van der Waals surface area contributed by atoms with E-state index in [9.17, 15) is 14.0 Å². The highest BCUT2D eigenvalue weighted by atomic mass is 35.5. The molecule has 1 aromatic heterocycles. The Morgan fingerprint density at radius 2 is 1.79 bits per heavy atom. The van der Waals surface area contributed by atoms with Gasteiger partial charge in [-0.25, -0.2) is 4.39 Å². The Morgan fingerprint density at radius 1 is 1.07 bits per heavy atom. The fraction of sp³-hybridized carbons (Fsp3) is 0.273. The molecule has 1 amide bonds. The van der Waals surface area contributed by atoms with Crippen molar-refractivity contribution in [3.8, 4) is 0 Å². The minimum atomic E-state index is -0.215. The van der Waals surface area contributed by atoms with Crippen LogP contribution in [0.5, 0.6) is 0 Å². The zero-order chi connectivity index (χ0) is 19.5. The highest BCUT2D eigenvalue weighted by Crippen LogP contribution is 2.22. The summed E-state index contributed by atoms with van der Waals surface area (Å²) in [6.45, 7) is 3.85. The molecule has 2 aromatic carbocycles. The van der Waals surface area contributed by atoms with E-state index in [1.165, 1.54) is 12.1 Å². The van der Waals surface area contributed by atoms with Crippen LogP contribution in [0.1, 0.15) is 26.3 Å². The number of piperazine rings is 1. The molecular weight excluding hydrogens is 393 g/mol. The first-order valence-corrected chi connectivity index (χ1v) is 9.47. The summed E-state index contributed by atoms with van der Waals surface area (Å²) in [7, 11) is 0. The van der Waals surface area contributed by atoms with Crippen LogP contribution in [-0.4, -0.2) is 59.7 Å². The van der Waals surface area contributed by atoms with Gasteiger partial charge in [0.25, 0.3) is 5.91 Å². The molecule has 0 spiro atoms. The first kappa shape index (κ1) is 21.0. The molecule has 0 saturated carbocycles. The van der Waals surface area contributed by atoms with Crippen LogP contribution in [0, 0.1) is 5.82 Å². The average molecular weight is 416 g/mol. The first-order valence-electron chi connectivity index (χ1n) is 9.47. The van der Waals surface area contributed by atoms with Gasteiger partial charge in [-0.1, -0.05) is 24.3 Å². The molecule has 0 unspecified atom stereocenters. The lowest BCUT2D eigenvalue weighted by Crippen LogP contribution is -2.49. The van der Waals surface area contributed by atoms with Gasteiger partial charge < -0.3 is 9.88 Å². The topological polar surface area (TPSA) is 56.4 Å². The largest absolute Gasteiger partial charge is 0.360 e. The second kappa shape index (κ2) is 9.20. The van der Waals surface area contributed by atoms with Gasteiger partial charge in [0.2, 0.25) is 0 Å². The number of aromatic amines is 1. The van der Waals surface area contributed by atoms with Crippen LogP contribution in [-0.2, 0) is 6.42 Å². The van der Waals surface area contributed by atoms with Crippen molar-refractivity contribution in [2.45, 2.75) is 6.42 Å². The maximum Gasteiger partial charge on any atom is 0.256 e. The third-order valence-corrected chi connectivity index (χ3v) is 5.39. The first-order chi connectivity index (χ1) is 13.7. The lowest BCUT2D eigenvalue weighted by Gasteiger charge is -2.34. The van der Waals surface area contributed by atoms with Crippen LogP contribution in [0.3, 0.4) is 0 Å². The quantitative estimate of drug-likeness (QED) is 0.648. The number of fused-ring (bicyclic) bond motifs is 1. The molecule has 4 rings (SSSR count). The molecule has 7 heteroatoms. The standard InChI is InChI=1S/C22H22FN3O2.ClH/c23-18-6-4-16(5-7-18)8-9-25-10-12-26(13-11-25)22(28)20-3-1-2-19-17(15-27)14-24-21(19)20;/h1-7,14-15,24H,8-13H2;1H. The van der Waals surface area contributed by atoms with Crippen molar-refractivity contribution >= 4 is 35.5 Å². The summed E-state index contributed by atoms with van der Waals surface area (Å²) < 4.78 is 13.0. The third kappa shape index (κ3) is 4.49. The second-order valence-corrected chi connectivity index (χ2v) is 7.10. The summed E-state index contributed by atoms with van der Waals surface area (Å²) in [5, 5.41) is 0.777. The minimum absolute atomic E-state index is 0. The molecule has 5 nitrogen and oxygen atoms in total. The summed E-state index contributed by atoms with van der Waals surface area (Å²) in [5.74, 6) is -0.226. The van der Waals surface area contributed by atoms with E-state index in [1.54, 1.807) is 12.3 Å². The van der Waals surface area contributed by atoms with Gasteiger partial charge in [0.05, 0.1) is 11.1 Å². The Morgan fingerprint density at radius 3 is 2.48 bits per heavy atom. The number of para-hydroxylation sites is 1. The fourth-order valence-corrected chi connectivity index (χ4v) is 3.73. The number of H-pyrrole nitrogens is 1. The predicted octanol–water partition coefficient (Wildman–Crippen LogP) is 3.54. The van der Waals surface area contributed by atoms with Crippen LogP contribution >= 0.6 is 12.4 Å². The Bertz CT molecular complexity index is 995. The Hall–Kier alpha value is -2.70. The van der Waals surface area contributed by atoms with E-state index in [0.29, 0.717) is 29.7 Å². The van der Waals surface area contributed by atoms with E-state index in [4.69, 9.17) is 0 Å². The number of nitrogens with zero attached hydrogens (tertiary/aromatic N) is 2. The second-order valence-electron chi connectivity index (χ2n) is 7.10. The van der Waals surface area contributed by atoms with E-state index in [1.807, 2.05) is 29.2 Å². The number of aromatic nitrogens is 1. The van der Waals surface area contributed by atoms with E-state index in [-0.39, 0.29) is 24.1 Å². The van der Waals surface area contributed by atoms with Crippen molar-refractivity contribution < 1.29 is 14.0 Å². The molecule has 1 saturated heterocycles. The van der Waals surface area contributed by atoms with Gasteiger partial charge in [-0.05, 0) is 30.2 Å². The molecule has 0 bridgehead atoms. The van der Waals surface area contributed by atoms with Crippen molar-refractivity contribution in [2.24, 2.45) is 0 Å². The minimum Gasteiger partial charge on any atom is -0.360 e. The van der Waals surface area contributed by atoms with Crippen LogP contribution < -0.4 is 0 Å². The molecular formula is C22H23ClFN3O2. The van der Waals surface area contributed by atoms with E-state index < -0.39 is 0 Å². The summed E-state index contributed by atoms with van der Waals surface area (Å²) in [4.78, 5) is 31.4. The third-order valence-electron chi connectivity index (χ3n) is 5.39. The van der Waals surface area contributed by atoms with Gasteiger partial charge in [0.15, 0.2) is 6.29 Å². The summed E-state index contributed by atoms with van der Waals surface area (Å²) in [6, 6.07) is 12.1. The average Bonchev–Trinajstić information content (AvgIpc) is 3.16. The number of aldehydes is 1. The zero-order valence-corrected chi connectivity index (χ0v) is 16.8. The summed E-state index contributed by atoms with van der Waals surface area (Å²) >= 11 is 0. The maximum atomic E-state index is 13.0. The van der Waals surface area contributed by atoms with Crippen LogP contribution in [0.2, 0.25) is 0 Å². The molecule has 2 heterocycles. The normalized spacial score (nSPS) is 14.6. The number of carbonyl (C=O) groups excluding carboxylic acids is 2. The number of nitrogens with one attached hydrogen (secondary N) is 1. The number of hydrogen-bond donors (Lipinski definition) is 1. The molecule has 1 aliphatic heterocycles. The number of hydrogen-bond acceptors (Lipinski definition) is 3. The van der Waals surface area contributed by atoms with Crippen LogP contribution in [0.15, 0.2) is 48.7 Å². The monoisotopic (exact) mass is 415 g/mol.